The summed E-state index contributed by atoms with van der Waals surface area (Å²) in [5, 5.41) is 0.667. The molecule has 0 aliphatic carbocycles. The summed E-state index contributed by atoms with van der Waals surface area (Å²) in [4.78, 5) is 25.6. The van der Waals surface area contributed by atoms with E-state index in [9.17, 15) is 9.59 Å². The molecule has 1 aliphatic heterocycles. The van der Waals surface area contributed by atoms with Gasteiger partial charge in [-0.15, -0.1) is 0 Å². The summed E-state index contributed by atoms with van der Waals surface area (Å²) in [7, 11) is 0. The fourth-order valence-electron chi connectivity index (χ4n) is 2.48. The van der Waals surface area contributed by atoms with Crippen molar-refractivity contribution in [3.8, 4) is 0 Å². The van der Waals surface area contributed by atoms with Crippen molar-refractivity contribution in [3.63, 3.8) is 0 Å². The fourth-order valence-corrected chi connectivity index (χ4v) is 2.60. The average Bonchev–Trinajstić information content (AvgIpc) is 2.82. The van der Waals surface area contributed by atoms with Crippen molar-refractivity contribution in [1.29, 1.82) is 0 Å². The molecule has 0 N–H and O–H groups in total. The molecule has 0 saturated carbocycles. The molecule has 2 amide bonds. The Hall–Kier alpha value is -1.55. The number of nitrogens with zero attached hydrogens (tertiary/aromatic N) is 1. The van der Waals surface area contributed by atoms with Crippen molar-refractivity contribution >= 4 is 23.6 Å². The highest BCUT2D eigenvalue weighted by atomic mass is 35.5. The van der Waals surface area contributed by atoms with Crippen LogP contribution in [0.3, 0.4) is 0 Å². The Morgan fingerprint density at radius 3 is 2.52 bits per heavy atom. The first-order chi connectivity index (χ1) is 9.90. The lowest BCUT2D eigenvalue weighted by atomic mass is 9.97. The zero-order chi connectivity index (χ0) is 15.6. The van der Waals surface area contributed by atoms with Gasteiger partial charge in [0.1, 0.15) is 6.61 Å². The van der Waals surface area contributed by atoms with Gasteiger partial charge >= 0.3 is 6.09 Å². The summed E-state index contributed by atoms with van der Waals surface area (Å²) in [6.45, 7) is 6.09. The Balaban J connectivity index is 2.07. The summed E-state index contributed by atoms with van der Waals surface area (Å²) < 4.78 is 5.03. The topological polar surface area (TPSA) is 46.6 Å². The number of hydrogen-bond acceptors (Lipinski definition) is 3. The first kappa shape index (κ1) is 15.8. The number of halogens is 1. The summed E-state index contributed by atoms with van der Waals surface area (Å²) >= 11 is 5.85. The summed E-state index contributed by atoms with van der Waals surface area (Å²) in [5.41, 5.74) is 1.02. The largest absolute Gasteiger partial charge is 0.447 e. The molecule has 0 bridgehead atoms. The van der Waals surface area contributed by atoms with E-state index in [1.807, 2.05) is 32.9 Å². The van der Waals surface area contributed by atoms with Gasteiger partial charge in [-0.2, -0.15) is 0 Å². The first-order valence-electron chi connectivity index (χ1n) is 7.14. The van der Waals surface area contributed by atoms with Crippen LogP contribution in [-0.4, -0.2) is 29.5 Å². The molecule has 1 aliphatic rings. The lowest BCUT2D eigenvalue weighted by Gasteiger charge is -2.25. The van der Waals surface area contributed by atoms with E-state index in [0.717, 1.165) is 5.56 Å². The van der Waals surface area contributed by atoms with Crippen molar-refractivity contribution in [2.45, 2.75) is 33.2 Å². The van der Waals surface area contributed by atoms with Crippen molar-refractivity contribution < 1.29 is 14.3 Å². The van der Waals surface area contributed by atoms with Gasteiger partial charge in [-0.25, -0.2) is 9.69 Å². The third-order valence-corrected chi connectivity index (χ3v) is 4.04. The van der Waals surface area contributed by atoms with E-state index in [-0.39, 0.29) is 30.4 Å². The molecule has 0 unspecified atom stereocenters. The highest BCUT2D eigenvalue weighted by Gasteiger charge is 2.40. The molecule has 2 rings (SSSR count). The molecule has 1 heterocycles. The smallest absolute Gasteiger partial charge is 0.416 e. The predicted molar refractivity (Wildman–Crippen MR) is 81.1 cm³/mol. The van der Waals surface area contributed by atoms with E-state index in [4.69, 9.17) is 16.3 Å². The molecule has 1 saturated heterocycles. The van der Waals surface area contributed by atoms with Gasteiger partial charge in [0, 0.05) is 10.9 Å². The number of amides is 2. The minimum absolute atomic E-state index is 0.169. The van der Waals surface area contributed by atoms with Crippen molar-refractivity contribution in [3.05, 3.63) is 34.9 Å². The molecule has 2 atom stereocenters. The predicted octanol–water partition coefficient (Wildman–Crippen LogP) is 3.52. The third kappa shape index (κ3) is 3.56. The second-order valence-electron chi connectivity index (χ2n) is 5.83. The van der Waals surface area contributed by atoms with Crippen LogP contribution in [0, 0.1) is 11.8 Å². The Morgan fingerprint density at radius 1 is 1.33 bits per heavy atom. The van der Waals surface area contributed by atoms with E-state index >= 15 is 0 Å². The van der Waals surface area contributed by atoms with Gasteiger partial charge < -0.3 is 4.74 Å². The van der Waals surface area contributed by atoms with Gasteiger partial charge in [0.2, 0.25) is 5.91 Å². The maximum absolute atomic E-state index is 12.5. The van der Waals surface area contributed by atoms with Gasteiger partial charge in [-0.05, 0) is 30.0 Å². The van der Waals surface area contributed by atoms with E-state index in [1.54, 1.807) is 12.1 Å². The highest BCUT2D eigenvalue weighted by molar-refractivity contribution is 6.30. The van der Waals surface area contributed by atoms with E-state index in [0.29, 0.717) is 11.4 Å². The molecule has 114 valence electrons. The van der Waals surface area contributed by atoms with E-state index in [2.05, 4.69) is 0 Å². The number of ether oxygens (including phenoxy) is 1. The summed E-state index contributed by atoms with van der Waals surface area (Å²) in [6, 6.07) is 7.23. The maximum Gasteiger partial charge on any atom is 0.416 e. The summed E-state index contributed by atoms with van der Waals surface area (Å²) in [6.07, 6.45) is 0.0478. The quantitative estimate of drug-likeness (QED) is 0.855. The Bertz CT molecular complexity index is 527. The Kier molecular flexibility index (Phi) is 4.88. The van der Waals surface area contributed by atoms with Crippen molar-refractivity contribution in [1.82, 2.24) is 4.90 Å². The maximum atomic E-state index is 12.5. The number of carbonyl (C=O) groups is 2. The van der Waals surface area contributed by atoms with Crippen LogP contribution >= 0.6 is 11.6 Å². The van der Waals surface area contributed by atoms with Gasteiger partial charge in [0.05, 0.1) is 6.04 Å². The average molecular weight is 310 g/mol. The zero-order valence-electron chi connectivity index (χ0n) is 12.5. The SMILES string of the molecule is CC(C)[C@@H]1COC(=O)N1C(=O)[C@H](C)Cc1ccc(Cl)cc1. The van der Waals surface area contributed by atoms with Crippen LogP contribution in [0.15, 0.2) is 24.3 Å². The van der Waals surface area contributed by atoms with Crippen molar-refractivity contribution in [2.75, 3.05) is 6.61 Å². The standard InChI is InChI=1S/C16H20ClNO3/c1-10(2)14-9-21-16(20)18(14)15(19)11(3)8-12-4-6-13(17)7-5-12/h4-7,10-11,14H,8-9H2,1-3H3/t11-,14+/m1/s1. The minimum Gasteiger partial charge on any atom is -0.447 e. The molecule has 1 aromatic rings. The molecular weight excluding hydrogens is 290 g/mol. The number of rotatable bonds is 4. The highest BCUT2D eigenvalue weighted by Crippen LogP contribution is 2.23. The van der Waals surface area contributed by atoms with Crippen LogP contribution in [-0.2, 0) is 16.0 Å². The van der Waals surface area contributed by atoms with E-state index in [1.165, 1.54) is 4.90 Å². The fraction of sp³-hybridized carbons (Fsp3) is 0.500. The normalized spacial score (nSPS) is 19.8. The zero-order valence-corrected chi connectivity index (χ0v) is 13.3. The Morgan fingerprint density at radius 2 is 1.95 bits per heavy atom. The van der Waals surface area contributed by atoms with Crippen LogP contribution in [0.5, 0.6) is 0 Å². The van der Waals surface area contributed by atoms with Crippen LogP contribution in [0.2, 0.25) is 5.02 Å². The molecule has 1 fully saturated rings. The molecule has 1 aromatic carbocycles. The lowest BCUT2D eigenvalue weighted by Crippen LogP contribution is -2.44. The molecule has 21 heavy (non-hydrogen) atoms. The van der Waals surface area contributed by atoms with Crippen LogP contribution in [0.1, 0.15) is 26.3 Å². The van der Waals surface area contributed by atoms with Gasteiger partial charge in [0.15, 0.2) is 0 Å². The van der Waals surface area contributed by atoms with Gasteiger partial charge in [-0.1, -0.05) is 44.5 Å². The number of hydrogen-bond donors (Lipinski definition) is 0. The Labute approximate surface area is 130 Å². The lowest BCUT2D eigenvalue weighted by molar-refractivity contribution is -0.133. The van der Waals surface area contributed by atoms with Crippen molar-refractivity contribution in [2.24, 2.45) is 11.8 Å². The molecule has 0 aromatic heterocycles. The summed E-state index contributed by atoms with van der Waals surface area (Å²) in [5.74, 6) is -0.271. The molecule has 0 radical (unpaired) electrons. The molecular formula is C16H20ClNO3. The molecule has 0 spiro atoms. The minimum atomic E-state index is -0.526. The molecule has 5 heteroatoms. The van der Waals surface area contributed by atoms with Gasteiger partial charge in [0.25, 0.3) is 0 Å². The second-order valence-corrected chi connectivity index (χ2v) is 6.26. The number of cyclic esters (lactones) is 1. The van der Waals surface area contributed by atoms with Gasteiger partial charge in [-0.3, -0.25) is 4.79 Å². The second kappa shape index (κ2) is 6.48. The molecule has 4 nitrogen and oxygen atoms in total. The van der Waals surface area contributed by atoms with Crippen LogP contribution < -0.4 is 0 Å². The number of imide groups is 1. The third-order valence-electron chi connectivity index (χ3n) is 3.79. The monoisotopic (exact) mass is 309 g/mol. The van der Waals surface area contributed by atoms with Crippen LogP contribution in [0.25, 0.3) is 0 Å². The van der Waals surface area contributed by atoms with E-state index < -0.39 is 6.09 Å². The van der Waals surface area contributed by atoms with Crippen LogP contribution in [0.4, 0.5) is 4.79 Å². The number of carbonyl (C=O) groups excluding carboxylic acids is 2. The first-order valence-corrected chi connectivity index (χ1v) is 7.52. The number of benzene rings is 1.